The minimum atomic E-state index is -0.532. The van der Waals surface area contributed by atoms with Gasteiger partial charge < -0.3 is 14.8 Å². The van der Waals surface area contributed by atoms with E-state index in [1.165, 1.54) is 10.9 Å². The first-order chi connectivity index (χ1) is 11.1. The highest BCUT2D eigenvalue weighted by atomic mass is 35.5. The quantitative estimate of drug-likeness (QED) is 0.616. The maximum Gasteiger partial charge on any atom is 0.307 e. The summed E-state index contributed by atoms with van der Waals surface area (Å²) in [4.78, 5) is 28.8. The molecule has 1 aliphatic heterocycles. The smallest absolute Gasteiger partial charge is 0.307 e. The van der Waals surface area contributed by atoms with Crippen LogP contribution in [-0.2, 0) is 18.4 Å². The average Bonchev–Trinajstić information content (AvgIpc) is 3.16. The number of nitrogens with one attached hydrogen (secondary N) is 1. The largest absolute Gasteiger partial charge is 0.336 e. The lowest BCUT2D eigenvalue weighted by Crippen LogP contribution is -2.50. The van der Waals surface area contributed by atoms with Crippen LogP contribution in [0.4, 0.5) is 5.69 Å². The fourth-order valence-corrected chi connectivity index (χ4v) is 2.69. The first kappa shape index (κ1) is 17.9. The number of halogens is 1. The Hall–Kier alpha value is -2.46. The van der Waals surface area contributed by atoms with Crippen LogP contribution in [0.15, 0.2) is 24.8 Å². The summed E-state index contributed by atoms with van der Waals surface area (Å²) in [5, 5.41) is 17.8. The molecule has 1 N–H and O–H groups in total. The first-order valence-corrected chi connectivity index (χ1v) is 7.20. The summed E-state index contributed by atoms with van der Waals surface area (Å²) in [6.45, 7) is 1.84. The van der Waals surface area contributed by atoms with E-state index in [2.05, 4.69) is 15.4 Å². The number of imidazole rings is 1. The predicted molar refractivity (Wildman–Crippen MR) is 86.7 cm³/mol. The lowest BCUT2D eigenvalue weighted by molar-refractivity contribution is -0.385. The summed E-state index contributed by atoms with van der Waals surface area (Å²) in [5.74, 6) is 0.662. The highest BCUT2D eigenvalue weighted by Gasteiger charge is 2.30. The van der Waals surface area contributed by atoms with E-state index < -0.39 is 4.92 Å². The summed E-state index contributed by atoms with van der Waals surface area (Å²) in [5.41, 5.74) is -0.126. The molecule has 24 heavy (non-hydrogen) atoms. The van der Waals surface area contributed by atoms with Gasteiger partial charge in [0, 0.05) is 39.1 Å². The maximum atomic E-state index is 12.6. The molecule has 0 bridgehead atoms. The van der Waals surface area contributed by atoms with Crippen molar-refractivity contribution in [2.45, 2.75) is 12.6 Å². The molecule has 0 spiro atoms. The Balaban J connectivity index is 0.00000208. The molecular weight excluding hydrogens is 338 g/mol. The van der Waals surface area contributed by atoms with Crippen LogP contribution in [0.3, 0.4) is 0 Å². The standard InChI is InChI=1S/C13H17N7O3.ClH/c1-17-4-3-15-13(17)11-7-14-2-5-19(11)12(21)9-18-8-10(6-16-18)20(22)23;/h3-4,6,8,11,14H,2,5,7,9H2,1H3;1H. The zero-order valence-electron chi connectivity index (χ0n) is 13.0. The number of rotatable bonds is 4. The summed E-state index contributed by atoms with van der Waals surface area (Å²) in [6.07, 6.45) is 5.93. The molecule has 0 saturated carbocycles. The van der Waals surface area contributed by atoms with E-state index in [1.54, 1.807) is 11.1 Å². The van der Waals surface area contributed by atoms with Crippen molar-refractivity contribution in [2.75, 3.05) is 19.6 Å². The third-order valence-corrected chi connectivity index (χ3v) is 3.85. The molecule has 0 radical (unpaired) electrons. The normalized spacial score (nSPS) is 17.4. The summed E-state index contributed by atoms with van der Waals surface area (Å²) in [6, 6.07) is -0.165. The third kappa shape index (κ3) is 3.54. The zero-order chi connectivity index (χ0) is 16.4. The van der Waals surface area contributed by atoms with Gasteiger partial charge in [0.2, 0.25) is 5.91 Å². The minimum Gasteiger partial charge on any atom is -0.336 e. The molecular formula is C13H18ClN7O3. The second-order valence-corrected chi connectivity index (χ2v) is 5.36. The number of nitro groups is 1. The van der Waals surface area contributed by atoms with Crippen molar-refractivity contribution in [3.63, 3.8) is 0 Å². The van der Waals surface area contributed by atoms with Gasteiger partial charge in [-0.2, -0.15) is 5.10 Å². The highest BCUT2D eigenvalue weighted by molar-refractivity contribution is 5.85. The van der Waals surface area contributed by atoms with Crippen LogP contribution in [-0.4, -0.2) is 54.7 Å². The number of piperazine rings is 1. The van der Waals surface area contributed by atoms with E-state index in [0.29, 0.717) is 19.6 Å². The third-order valence-electron chi connectivity index (χ3n) is 3.85. The van der Waals surface area contributed by atoms with Crippen molar-refractivity contribution >= 4 is 24.0 Å². The van der Waals surface area contributed by atoms with Crippen LogP contribution in [0, 0.1) is 10.1 Å². The molecule has 3 rings (SSSR count). The van der Waals surface area contributed by atoms with Crippen molar-refractivity contribution in [2.24, 2.45) is 7.05 Å². The lowest BCUT2D eigenvalue weighted by Gasteiger charge is -2.35. The second kappa shape index (κ2) is 7.41. The Bertz CT molecular complexity index is 729. The van der Waals surface area contributed by atoms with Crippen LogP contribution in [0.25, 0.3) is 0 Å². The summed E-state index contributed by atoms with van der Waals surface area (Å²) >= 11 is 0. The van der Waals surface area contributed by atoms with Gasteiger partial charge in [-0.3, -0.25) is 19.6 Å². The van der Waals surface area contributed by atoms with Crippen molar-refractivity contribution in [1.82, 2.24) is 29.5 Å². The van der Waals surface area contributed by atoms with Gasteiger partial charge in [0.1, 0.15) is 30.8 Å². The topological polar surface area (TPSA) is 111 Å². The van der Waals surface area contributed by atoms with Crippen LogP contribution in [0.1, 0.15) is 11.9 Å². The van der Waals surface area contributed by atoms with Gasteiger partial charge in [0.15, 0.2) is 0 Å². The number of carbonyl (C=O) groups excluding carboxylic acids is 1. The number of aromatic nitrogens is 4. The molecule has 0 aliphatic carbocycles. The fourth-order valence-electron chi connectivity index (χ4n) is 2.69. The Labute approximate surface area is 144 Å². The van der Waals surface area contributed by atoms with Gasteiger partial charge in [-0.25, -0.2) is 4.98 Å². The SMILES string of the molecule is Cl.Cn1ccnc1C1CNCCN1C(=O)Cn1cc([N+](=O)[O-])cn1. The van der Waals surface area contributed by atoms with Crippen molar-refractivity contribution < 1.29 is 9.72 Å². The molecule has 1 amide bonds. The zero-order valence-corrected chi connectivity index (χ0v) is 13.8. The van der Waals surface area contributed by atoms with Crippen LogP contribution < -0.4 is 5.32 Å². The Kier molecular flexibility index (Phi) is 5.52. The Morgan fingerprint density at radius 2 is 2.33 bits per heavy atom. The molecule has 2 aromatic rings. The van der Waals surface area contributed by atoms with Crippen LogP contribution in [0.5, 0.6) is 0 Å². The van der Waals surface area contributed by atoms with E-state index in [9.17, 15) is 14.9 Å². The Morgan fingerprint density at radius 1 is 1.54 bits per heavy atom. The molecule has 1 aliphatic rings. The predicted octanol–water partition coefficient (Wildman–Crippen LogP) is 0.120. The van der Waals surface area contributed by atoms with E-state index >= 15 is 0 Å². The first-order valence-electron chi connectivity index (χ1n) is 7.20. The van der Waals surface area contributed by atoms with E-state index in [1.807, 2.05) is 17.8 Å². The van der Waals surface area contributed by atoms with Crippen molar-refractivity contribution in [1.29, 1.82) is 0 Å². The average molecular weight is 356 g/mol. The van der Waals surface area contributed by atoms with Gasteiger partial charge in [-0.05, 0) is 0 Å². The fraction of sp³-hybridized carbons (Fsp3) is 0.462. The molecule has 10 nitrogen and oxygen atoms in total. The maximum absolute atomic E-state index is 12.6. The van der Waals surface area contributed by atoms with Crippen LogP contribution in [0.2, 0.25) is 0 Å². The van der Waals surface area contributed by atoms with Gasteiger partial charge in [0.25, 0.3) is 0 Å². The second-order valence-electron chi connectivity index (χ2n) is 5.36. The monoisotopic (exact) mass is 355 g/mol. The molecule has 1 fully saturated rings. The van der Waals surface area contributed by atoms with Gasteiger partial charge in [-0.1, -0.05) is 0 Å². The molecule has 3 heterocycles. The molecule has 1 saturated heterocycles. The molecule has 1 atom stereocenters. The molecule has 1 unspecified atom stereocenters. The molecule has 2 aromatic heterocycles. The number of hydrogen-bond acceptors (Lipinski definition) is 6. The molecule has 11 heteroatoms. The number of aryl methyl sites for hydroxylation is 1. The van der Waals surface area contributed by atoms with Gasteiger partial charge in [-0.15, -0.1) is 12.4 Å². The number of hydrogen-bond donors (Lipinski definition) is 1. The lowest BCUT2D eigenvalue weighted by atomic mass is 10.1. The number of amides is 1. The molecule has 0 aromatic carbocycles. The van der Waals surface area contributed by atoms with Crippen LogP contribution >= 0.6 is 12.4 Å². The van der Waals surface area contributed by atoms with Crippen molar-refractivity contribution in [3.05, 3.63) is 40.7 Å². The minimum absolute atomic E-state index is 0. The number of carbonyl (C=O) groups is 1. The summed E-state index contributed by atoms with van der Waals surface area (Å²) in [7, 11) is 1.89. The van der Waals surface area contributed by atoms with Gasteiger partial charge >= 0.3 is 5.69 Å². The van der Waals surface area contributed by atoms with E-state index in [0.717, 1.165) is 12.0 Å². The summed E-state index contributed by atoms with van der Waals surface area (Å²) < 4.78 is 3.18. The van der Waals surface area contributed by atoms with E-state index in [4.69, 9.17) is 0 Å². The molecule has 130 valence electrons. The Morgan fingerprint density at radius 3 is 2.96 bits per heavy atom. The number of nitrogens with zero attached hydrogens (tertiary/aromatic N) is 6. The van der Waals surface area contributed by atoms with Crippen molar-refractivity contribution in [3.8, 4) is 0 Å². The van der Waals surface area contributed by atoms with Gasteiger partial charge in [0.05, 0.1) is 4.92 Å². The highest BCUT2D eigenvalue weighted by Crippen LogP contribution is 2.21. The van der Waals surface area contributed by atoms with E-state index in [-0.39, 0.29) is 36.6 Å².